The van der Waals surface area contributed by atoms with E-state index in [1.165, 1.54) is 29.1 Å². The Morgan fingerprint density at radius 2 is 2.05 bits per heavy atom. The van der Waals surface area contributed by atoms with Gasteiger partial charge in [0.2, 0.25) is 0 Å². The third-order valence-corrected chi connectivity index (χ3v) is 2.78. The quantitative estimate of drug-likeness (QED) is 0.795. The summed E-state index contributed by atoms with van der Waals surface area (Å²) in [6.45, 7) is 0. The van der Waals surface area contributed by atoms with Gasteiger partial charge in [-0.2, -0.15) is 5.10 Å². The van der Waals surface area contributed by atoms with E-state index >= 15 is 0 Å². The molecule has 2 aromatic heterocycles. The van der Waals surface area contributed by atoms with Crippen molar-refractivity contribution in [2.24, 2.45) is 0 Å². The van der Waals surface area contributed by atoms with Gasteiger partial charge >= 0.3 is 5.97 Å². The van der Waals surface area contributed by atoms with E-state index in [4.69, 9.17) is 9.52 Å². The Balaban J connectivity index is 2.24. The van der Waals surface area contributed by atoms with Gasteiger partial charge in [-0.3, -0.25) is 0 Å². The largest absolute Gasteiger partial charge is 0.476 e. The van der Waals surface area contributed by atoms with E-state index in [1.807, 2.05) is 0 Å². The van der Waals surface area contributed by atoms with E-state index in [1.54, 1.807) is 24.3 Å². The molecular weight excluding hydrogens is 263 g/mol. The van der Waals surface area contributed by atoms with Crippen molar-refractivity contribution in [3.05, 3.63) is 60.2 Å². The zero-order valence-corrected chi connectivity index (χ0v) is 10.2. The van der Waals surface area contributed by atoms with Gasteiger partial charge in [-0.1, -0.05) is 12.1 Å². The van der Waals surface area contributed by atoms with Crippen LogP contribution in [0.15, 0.2) is 53.1 Å². The average molecular weight is 272 g/mol. The number of rotatable bonds is 3. The van der Waals surface area contributed by atoms with Crippen molar-refractivity contribution in [1.29, 1.82) is 0 Å². The number of aromatic carboxylic acids is 1. The molecule has 1 aromatic carbocycles. The number of hydrogen-bond acceptors (Lipinski definition) is 3. The van der Waals surface area contributed by atoms with Gasteiger partial charge in [-0.25, -0.2) is 13.9 Å². The van der Waals surface area contributed by atoms with Crippen LogP contribution in [0.1, 0.15) is 10.5 Å². The Morgan fingerprint density at radius 1 is 1.25 bits per heavy atom. The number of hydrogen-bond donors (Lipinski definition) is 1. The van der Waals surface area contributed by atoms with Crippen molar-refractivity contribution in [3.8, 4) is 17.1 Å². The Labute approximate surface area is 112 Å². The van der Waals surface area contributed by atoms with Gasteiger partial charge < -0.3 is 9.52 Å². The second-order valence-corrected chi connectivity index (χ2v) is 4.06. The summed E-state index contributed by atoms with van der Waals surface area (Å²) in [5.74, 6) is -1.28. The lowest BCUT2D eigenvalue weighted by Gasteiger charge is -2.06. The summed E-state index contributed by atoms with van der Waals surface area (Å²) in [4.78, 5) is 11.1. The number of aromatic nitrogens is 2. The molecule has 0 atom stereocenters. The van der Waals surface area contributed by atoms with E-state index in [9.17, 15) is 9.18 Å². The third-order valence-electron chi connectivity index (χ3n) is 2.78. The van der Waals surface area contributed by atoms with Gasteiger partial charge in [0, 0.05) is 6.07 Å². The first-order chi connectivity index (χ1) is 9.66. The van der Waals surface area contributed by atoms with E-state index in [0.717, 1.165) is 0 Å². The van der Waals surface area contributed by atoms with Crippen molar-refractivity contribution in [2.45, 2.75) is 0 Å². The molecule has 0 saturated carbocycles. The zero-order valence-electron chi connectivity index (χ0n) is 10.2. The molecule has 0 bridgehead atoms. The molecule has 0 radical (unpaired) electrons. The number of para-hydroxylation sites is 1. The first kappa shape index (κ1) is 12.2. The molecule has 6 heteroatoms. The number of nitrogens with zero attached hydrogens (tertiary/aromatic N) is 2. The summed E-state index contributed by atoms with van der Waals surface area (Å²) in [5, 5.41) is 13.0. The van der Waals surface area contributed by atoms with Crippen LogP contribution in [0.25, 0.3) is 17.1 Å². The highest BCUT2D eigenvalue weighted by atomic mass is 19.1. The molecule has 0 unspecified atom stereocenters. The lowest BCUT2D eigenvalue weighted by atomic mass is 10.2. The molecule has 0 aliphatic carbocycles. The van der Waals surface area contributed by atoms with E-state index in [-0.39, 0.29) is 11.4 Å². The predicted molar refractivity (Wildman–Crippen MR) is 68.2 cm³/mol. The van der Waals surface area contributed by atoms with E-state index in [2.05, 4.69) is 5.10 Å². The standard InChI is InChI=1S/C14H9FN2O3/c15-9-4-1-2-5-11(9)17-12(13-6-3-7-20-13)8-10(16-17)14(18)19/h1-8H,(H,18,19). The van der Waals surface area contributed by atoms with Gasteiger partial charge in [0.15, 0.2) is 11.5 Å². The van der Waals surface area contributed by atoms with Crippen molar-refractivity contribution < 1.29 is 18.7 Å². The number of carboxylic acid groups (broad SMARTS) is 1. The lowest BCUT2D eigenvalue weighted by Crippen LogP contribution is -2.04. The molecule has 100 valence electrons. The van der Waals surface area contributed by atoms with Crippen LogP contribution in [0, 0.1) is 5.82 Å². The lowest BCUT2D eigenvalue weighted by molar-refractivity contribution is 0.0690. The Morgan fingerprint density at radius 3 is 2.70 bits per heavy atom. The molecule has 3 rings (SSSR count). The molecular formula is C14H9FN2O3. The predicted octanol–water partition coefficient (Wildman–Crippen LogP) is 2.97. The summed E-state index contributed by atoms with van der Waals surface area (Å²) in [5.41, 5.74) is 0.351. The molecule has 0 spiro atoms. The SMILES string of the molecule is O=C(O)c1cc(-c2ccco2)n(-c2ccccc2F)n1. The minimum atomic E-state index is -1.19. The fourth-order valence-electron chi connectivity index (χ4n) is 1.89. The Kier molecular flexibility index (Phi) is 2.83. The van der Waals surface area contributed by atoms with Gasteiger partial charge in [0.1, 0.15) is 17.2 Å². The van der Waals surface area contributed by atoms with E-state index in [0.29, 0.717) is 11.5 Å². The second kappa shape index (κ2) is 4.65. The van der Waals surface area contributed by atoms with E-state index < -0.39 is 11.8 Å². The van der Waals surface area contributed by atoms with Crippen LogP contribution in [-0.2, 0) is 0 Å². The first-order valence-electron chi connectivity index (χ1n) is 5.79. The normalized spacial score (nSPS) is 10.7. The minimum absolute atomic E-state index is 0.159. The van der Waals surface area contributed by atoms with Crippen molar-refractivity contribution in [3.63, 3.8) is 0 Å². The molecule has 0 saturated heterocycles. The van der Waals surface area contributed by atoms with Crippen molar-refractivity contribution in [2.75, 3.05) is 0 Å². The van der Waals surface area contributed by atoms with Gasteiger partial charge in [-0.05, 0) is 24.3 Å². The molecule has 5 nitrogen and oxygen atoms in total. The minimum Gasteiger partial charge on any atom is -0.476 e. The Hall–Kier alpha value is -2.89. The summed E-state index contributed by atoms with van der Waals surface area (Å²) in [6, 6.07) is 10.6. The van der Waals surface area contributed by atoms with Crippen LogP contribution in [0.5, 0.6) is 0 Å². The second-order valence-electron chi connectivity index (χ2n) is 4.06. The topological polar surface area (TPSA) is 68.3 Å². The van der Waals surface area contributed by atoms with Crippen LogP contribution in [0.2, 0.25) is 0 Å². The number of benzene rings is 1. The zero-order chi connectivity index (χ0) is 14.1. The molecule has 3 aromatic rings. The van der Waals surface area contributed by atoms with Crippen LogP contribution >= 0.6 is 0 Å². The maximum absolute atomic E-state index is 13.9. The van der Waals surface area contributed by atoms with Crippen molar-refractivity contribution in [1.82, 2.24) is 9.78 Å². The smallest absolute Gasteiger partial charge is 0.356 e. The highest BCUT2D eigenvalue weighted by Crippen LogP contribution is 2.25. The molecule has 0 fully saturated rings. The number of furan rings is 1. The number of carboxylic acids is 1. The van der Waals surface area contributed by atoms with Crippen LogP contribution in [0.4, 0.5) is 4.39 Å². The van der Waals surface area contributed by atoms with Crippen LogP contribution in [0.3, 0.4) is 0 Å². The summed E-state index contributed by atoms with van der Waals surface area (Å²) >= 11 is 0. The summed E-state index contributed by atoms with van der Waals surface area (Å²) < 4.78 is 20.3. The van der Waals surface area contributed by atoms with Gasteiger partial charge in [-0.15, -0.1) is 0 Å². The fourth-order valence-corrected chi connectivity index (χ4v) is 1.89. The fraction of sp³-hybridized carbons (Fsp3) is 0. The highest BCUT2D eigenvalue weighted by Gasteiger charge is 2.19. The maximum Gasteiger partial charge on any atom is 0.356 e. The van der Waals surface area contributed by atoms with Crippen LogP contribution < -0.4 is 0 Å². The summed E-state index contributed by atoms with van der Waals surface area (Å²) in [7, 11) is 0. The Bertz CT molecular complexity index is 763. The number of carbonyl (C=O) groups is 1. The maximum atomic E-state index is 13.9. The summed E-state index contributed by atoms with van der Waals surface area (Å²) in [6.07, 6.45) is 1.45. The van der Waals surface area contributed by atoms with Crippen LogP contribution in [-0.4, -0.2) is 20.9 Å². The number of halogens is 1. The van der Waals surface area contributed by atoms with Gasteiger partial charge in [0.25, 0.3) is 0 Å². The highest BCUT2D eigenvalue weighted by molar-refractivity contribution is 5.87. The molecule has 0 amide bonds. The molecule has 0 aliphatic heterocycles. The monoisotopic (exact) mass is 272 g/mol. The molecule has 1 N–H and O–H groups in total. The molecule has 2 heterocycles. The molecule has 0 aliphatic rings. The molecule has 20 heavy (non-hydrogen) atoms. The first-order valence-corrected chi connectivity index (χ1v) is 5.79. The average Bonchev–Trinajstić information content (AvgIpc) is 3.08. The third kappa shape index (κ3) is 1.97. The van der Waals surface area contributed by atoms with Crippen molar-refractivity contribution >= 4 is 5.97 Å². The van der Waals surface area contributed by atoms with Gasteiger partial charge in [0.05, 0.1) is 6.26 Å².